The van der Waals surface area contributed by atoms with Gasteiger partial charge in [0.2, 0.25) is 11.7 Å². The lowest BCUT2D eigenvalue weighted by atomic mass is 9.84. The lowest BCUT2D eigenvalue weighted by Gasteiger charge is -2.31. The number of amides is 1. The number of hydrogen-bond donors (Lipinski definition) is 2. The van der Waals surface area contributed by atoms with Gasteiger partial charge in [0.15, 0.2) is 17.5 Å². The third-order valence-electron chi connectivity index (χ3n) is 5.47. The predicted octanol–water partition coefficient (Wildman–Crippen LogP) is 2.64. The van der Waals surface area contributed by atoms with Crippen molar-refractivity contribution in [3.63, 3.8) is 0 Å². The van der Waals surface area contributed by atoms with Crippen molar-refractivity contribution in [2.24, 2.45) is 10.4 Å². The van der Waals surface area contributed by atoms with E-state index in [0.29, 0.717) is 36.3 Å². The van der Waals surface area contributed by atoms with E-state index in [1.54, 1.807) is 33.3 Å². The van der Waals surface area contributed by atoms with Crippen molar-refractivity contribution in [2.45, 2.75) is 32.2 Å². The molecule has 30 heavy (non-hydrogen) atoms. The average Bonchev–Trinajstić information content (AvgIpc) is 3.22. The van der Waals surface area contributed by atoms with Gasteiger partial charge in [-0.2, -0.15) is 0 Å². The second-order valence-corrected chi connectivity index (χ2v) is 7.46. The fraction of sp³-hybridized carbons (Fsp3) is 0.619. The summed E-state index contributed by atoms with van der Waals surface area (Å²) in [5.41, 5.74) is 0.551. The minimum Gasteiger partial charge on any atom is -0.493 e. The number of nitrogens with one attached hydrogen (secondary N) is 2. The number of ether oxygens (including phenoxy) is 3. The van der Waals surface area contributed by atoms with Crippen LogP contribution in [-0.2, 0) is 11.3 Å². The summed E-state index contributed by atoms with van der Waals surface area (Å²) >= 11 is 0. The molecule has 9 heteroatoms. The largest absolute Gasteiger partial charge is 0.493 e. The van der Waals surface area contributed by atoms with Gasteiger partial charge in [-0.15, -0.1) is 24.0 Å². The number of rotatable bonds is 8. The van der Waals surface area contributed by atoms with Gasteiger partial charge in [0.05, 0.1) is 26.7 Å². The van der Waals surface area contributed by atoms with Gasteiger partial charge in [-0.3, -0.25) is 9.79 Å². The van der Waals surface area contributed by atoms with Crippen LogP contribution in [0, 0.1) is 5.41 Å². The highest BCUT2D eigenvalue weighted by atomic mass is 127. The molecule has 0 radical (unpaired) electrons. The van der Waals surface area contributed by atoms with Crippen LogP contribution in [0.3, 0.4) is 0 Å². The smallest absolute Gasteiger partial charge is 0.230 e. The van der Waals surface area contributed by atoms with Crippen LogP contribution in [0.1, 0.15) is 31.2 Å². The third kappa shape index (κ3) is 5.83. The van der Waals surface area contributed by atoms with E-state index in [1.165, 1.54) is 0 Å². The molecule has 1 aromatic rings. The second kappa shape index (κ2) is 12.1. The lowest BCUT2D eigenvalue weighted by Crippen LogP contribution is -2.49. The van der Waals surface area contributed by atoms with Gasteiger partial charge in [0.25, 0.3) is 0 Å². The van der Waals surface area contributed by atoms with Crippen LogP contribution in [0.4, 0.5) is 0 Å². The van der Waals surface area contributed by atoms with Gasteiger partial charge >= 0.3 is 0 Å². The van der Waals surface area contributed by atoms with Crippen LogP contribution < -0.4 is 24.8 Å². The molecule has 0 bridgehead atoms. The van der Waals surface area contributed by atoms with E-state index < -0.39 is 0 Å². The number of methoxy groups -OCH3 is 3. The molecule has 0 spiro atoms. The molecule has 0 unspecified atom stereocenters. The highest BCUT2D eigenvalue weighted by Crippen LogP contribution is 2.40. The van der Waals surface area contributed by atoms with Gasteiger partial charge in [-0.1, -0.05) is 12.8 Å². The highest BCUT2D eigenvalue weighted by Gasteiger charge is 2.42. The number of carbonyl (C=O) groups excluding carboxylic acids is 1. The molecule has 1 aliphatic rings. The Hall–Kier alpha value is -1.91. The van der Waals surface area contributed by atoms with Gasteiger partial charge in [0, 0.05) is 39.8 Å². The summed E-state index contributed by atoms with van der Waals surface area (Å²) in [5, 5.41) is 6.64. The molecular formula is C21H35IN4O4. The van der Waals surface area contributed by atoms with Crippen molar-refractivity contribution >= 4 is 35.8 Å². The summed E-state index contributed by atoms with van der Waals surface area (Å²) in [5.74, 6) is 2.60. The molecule has 1 aliphatic carbocycles. The SMILES string of the molecule is CN=C(NCc1ccc(OC)c(OC)c1OC)NCC1(C(=O)N(C)C)CCCC1.I. The van der Waals surface area contributed by atoms with Crippen molar-refractivity contribution in [1.82, 2.24) is 15.5 Å². The summed E-state index contributed by atoms with van der Waals surface area (Å²) in [6.07, 6.45) is 3.96. The highest BCUT2D eigenvalue weighted by molar-refractivity contribution is 14.0. The van der Waals surface area contributed by atoms with E-state index in [0.717, 1.165) is 31.2 Å². The zero-order chi connectivity index (χ0) is 21.4. The predicted molar refractivity (Wildman–Crippen MR) is 129 cm³/mol. The minimum atomic E-state index is -0.359. The summed E-state index contributed by atoms with van der Waals surface area (Å²) in [6, 6.07) is 3.77. The number of aliphatic imine (C=N–C) groups is 1. The van der Waals surface area contributed by atoms with Crippen LogP contribution in [0.5, 0.6) is 17.2 Å². The molecular weight excluding hydrogens is 499 g/mol. The standard InChI is InChI=1S/C21H34N4O4.HI/c1-22-20(24-14-21(11-7-8-12-21)19(26)25(2)3)23-13-15-9-10-16(27-4)18(29-6)17(15)28-5;/h9-10H,7-8,11-14H2,1-6H3,(H2,22,23,24);1H. The molecule has 0 heterocycles. The average molecular weight is 534 g/mol. The molecule has 2 N–H and O–H groups in total. The van der Waals surface area contributed by atoms with Gasteiger partial charge in [-0.25, -0.2) is 0 Å². The Bertz CT molecular complexity index is 734. The minimum absolute atomic E-state index is 0. The third-order valence-corrected chi connectivity index (χ3v) is 5.47. The van der Waals surface area contributed by atoms with Crippen molar-refractivity contribution in [1.29, 1.82) is 0 Å². The molecule has 0 aliphatic heterocycles. The maximum atomic E-state index is 12.7. The number of benzene rings is 1. The molecule has 0 saturated heterocycles. The molecule has 8 nitrogen and oxygen atoms in total. The Morgan fingerprint density at radius 2 is 1.70 bits per heavy atom. The van der Waals surface area contributed by atoms with Crippen molar-refractivity contribution in [3.8, 4) is 17.2 Å². The molecule has 170 valence electrons. The fourth-order valence-corrected chi connectivity index (χ4v) is 3.95. The first-order valence-electron chi connectivity index (χ1n) is 9.86. The Kier molecular flexibility index (Phi) is 10.5. The van der Waals surface area contributed by atoms with E-state index in [9.17, 15) is 4.79 Å². The number of guanidine groups is 1. The molecule has 0 atom stereocenters. The summed E-state index contributed by atoms with van der Waals surface area (Å²) in [7, 11) is 10.1. The fourth-order valence-electron chi connectivity index (χ4n) is 3.95. The number of hydrogen-bond acceptors (Lipinski definition) is 5. The molecule has 1 aromatic carbocycles. The van der Waals surface area contributed by atoms with Crippen LogP contribution in [0.25, 0.3) is 0 Å². The van der Waals surface area contributed by atoms with Crippen molar-refractivity contribution in [3.05, 3.63) is 17.7 Å². The van der Waals surface area contributed by atoms with Crippen LogP contribution in [-0.4, -0.2) is 65.8 Å². The van der Waals surface area contributed by atoms with Crippen molar-refractivity contribution < 1.29 is 19.0 Å². The topological polar surface area (TPSA) is 84.4 Å². The van der Waals surface area contributed by atoms with E-state index in [-0.39, 0.29) is 35.3 Å². The Morgan fingerprint density at radius 1 is 1.07 bits per heavy atom. The zero-order valence-electron chi connectivity index (χ0n) is 18.8. The Labute approximate surface area is 196 Å². The summed E-state index contributed by atoms with van der Waals surface area (Å²) in [4.78, 5) is 18.7. The number of nitrogens with zero attached hydrogens (tertiary/aromatic N) is 2. The molecule has 0 aromatic heterocycles. The number of carbonyl (C=O) groups is 1. The van der Waals surface area contributed by atoms with E-state index in [2.05, 4.69) is 15.6 Å². The van der Waals surface area contributed by atoms with Gasteiger partial charge in [-0.05, 0) is 25.0 Å². The van der Waals surface area contributed by atoms with E-state index >= 15 is 0 Å². The van der Waals surface area contributed by atoms with Crippen LogP contribution >= 0.6 is 24.0 Å². The molecule has 1 amide bonds. The summed E-state index contributed by atoms with van der Waals surface area (Å²) in [6.45, 7) is 1.05. The Morgan fingerprint density at radius 3 is 2.20 bits per heavy atom. The normalized spacial score (nSPS) is 15.1. The van der Waals surface area contributed by atoms with Crippen LogP contribution in [0.2, 0.25) is 0 Å². The maximum Gasteiger partial charge on any atom is 0.230 e. The number of halogens is 1. The Balaban J connectivity index is 0.00000450. The van der Waals surface area contributed by atoms with Gasteiger partial charge < -0.3 is 29.7 Å². The second-order valence-electron chi connectivity index (χ2n) is 7.46. The molecule has 1 fully saturated rings. The van der Waals surface area contributed by atoms with Crippen molar-refractivity contribution in [2.75, 3.05) is 49.0 Å². The maximum absolute atomic E-state index is 12.7. The first-order valence-corrected chi connectivity index (χ1v) is 9.86. The quantitative estimate of drug-likeness (QED) is 0.303. The lowest BCUT2D eigenvalue weighted by molar-refractivity contribution is -0.138. The van der Waals surface area contributed by atoms with E-state index in [4.69, 9.17) is 14.2 Å². The first kappa shape index (κ1) is 26.1. The summed E-state index contributed by atoms with van der Waals surface area (Å²) < 4.78 is 16.3. The van der Waals surface area contributed by atoms with E-state index in [1.807, 2.05) is 26.2 Å². The van der Waals surface area contributed by atoms with Crippen LogP contribution in [0.15, 0.2) is 17.1 Å². The molecule has 1 saturated carbocycles. The zero-order valence-corrected chi connectivity index (χ0v) is 21.2. The first-order chi connectivity index (χ1) is 13.9. The van der Waals surface area contributed by atoms with Gasteiger partial charge in [0.1, 0.15) is 0 Å². The molecule has 2 rings (SSSR count). The monoisotopic (exact) mass is 534 g/mol.